The molecule has 1 aromatic rings. The van der Waals surface area contributed by atoms with Crippen LogP contribution in [0.2, 0.25) is 0 Å². The average Bonchev–Trinajstić information content (AvgIpc) is 2.27. The van der Waals surface area contributed by atoms with Gasteiger partial charge in [0, 0.05) is 0 Å². The normalized spacial score (nSPS) is 11.4. The summed E-state index contributed by atoms with van der Waals surface area (Å²) >= 11 is 0. The molecule has 1 aromatic carbocycles. The molecule has 0 aliphatic carbocycles. The van der Waals surface area contributed by atoms with Crippen LogP contribution in [0.1, 0.15) is 27.7 Å². The van der Waals surface area contributed by atoms with E-state index in [4.69, 9.17) is 25.0 Å². The molecule has 0 heterocycles. The minimum Gasteiger partial charge on any atom is -0.497 e. The molecular formula is C13H23BO5. The van der Waals surface area contributed by atoms with Crippen molar-refractivity contribution in [3.05, 3.63) is 24.3 Å². The Balaban J connectivity index is 0.000000362. The van der Waals surface area contributed by atoms with Crippen molar-refractivity contribution in [1.29, 1.82) is 0 Å². The van der Waals surface area contributed by atoms with Gasteiger partial charge >= 0.3 is 7.12 Å². The van der Waals surface area contributed by atoms with E-state index in [0.717, 1.165) is 0 Å². The fourth-order valence-electron chi connectivity index (χ4n) is 0.776. The lowest BCUT2D eigenvalue weighted by molar-refractivity contribution is -0.107. The largest absolute Gasteiger partial charge is 0.497 e. The summed E-state index contributed by atoms with van der Waals surface area (Å²) < 4.78 is 4.89. The van der Waals surface area contributed by atoms with Crippen molar-refractivity contribution in [2.45, 2.75) is 38.9 Å². The molecule has 0 aliphatic rings. The molecule has 6 heteroatoms. The molecule has 0 saturated heterocycles. The summed E-state index contributed by atoms with van der Waals surface area (Å²) in [6.07, 6.45) is 0. The second kappa shape index (κ2) is 6.91. The zero-order chi connectivity index (χ0) is 15.3. The van der Waals surface area contributed by atoms with Gasteiger partial charge in [0.25, 0.3) is 0 Å². The smallest absolute Gasteiger partial charge is 0.488 e. The first kappa shape index (κ1) is 17.9. The minimum absolute atomic E-state index is 0.464. The molecule has 0 bridgehead atoms. The Morgan fingerprint density at radius 3 is 1.47 bits per heavy atom. The van der Waals surface area contributed by atoms with Crippen LogP contribution in [0.15, 0.2) is 24.3 Å². The number of ether oxygens (including phenoxy) is 1. The standard InChI is InChI=1S/C7H9BO3.C6H14O2/c1-11-7-4-2-6(3-5-7)8(9)10;1-5(2,7)6(3,4)8/h2-5,9-10H,1H3;7-8H,1-4H3. The molecule has 5 nitrogen and oxygen atoms in total. The predicted molar refractivity (Wildman–Crippen MR) is 75.4 cm³/mol. The van der Waals surface area contributed by atoms with E-state index in [-0.39, 0.29) is 0 Å². The Bertz CT molecular complexity index is 350. The van der Waals surface area contributed by atoms with Crippen molar-refractivity contribution < 1.29 is 25.0 Å². The van der Waals surface area contributed by atoms with Crippen LogP contribution in [0.3, 0.4) is 0 Å². The van der Waals surface area contributed by atoms with Gasteiger partial charge in [0.15, 0.2) is 0 Å². The van der Waals surface area contributed by atoms with Crippen LogP contribution < -0.4 is 10.2 Å². The quantitative estimate of drug-likeness (QED) is 0.576. The molecule has 4 N–H and O–H groups in total. The van der Waals surface area contributed by atoms with Crippen molar-refractivity contribution >= 4 is 12.6 Å². The van der Waals surface area contributed by atoms with Gasteiger partial charge < -0.3 is 25.0 Å². The summed E-state index contributed by atoms with van der Waals surface area (Å²) in [5.41, 5.74) is -1.55. The van der Waals surface area contributed by atoms with Crippen LogP contribution >= 0.6 is 0 Å². The molecule has 0 spiro atoms. The molecule has 0 unspecified atom stereocenters. The first-order valence-electron chi connectivity index (χ1n) is 5.94. The first-order chi connectivity index (χ1) is 8.49. The van der Waals surface area contributed by atoms with E-state index in [1.165, 1.54) is 0 Å². The maximum atomic E-state index is 9.10. The number of benzene rings is 1. The lowest BCUT2D eigenvalue weighted by atomic mass is 9.80. The summed E-state index contributed by atoms with van der Waals surface area (Å²) in [5.74, 6) is 0.703. The number of rotatable bonds is 3. The Morgan fingerprint density at radius 1 is 0.895 bits per heavy atom. The van der Waals surface area contributed by atoms with Crippen LogP contribution in [0, 0.1) is 0 Å². The van der Waals surface area contributed by atoms with E-state index >= 15 is 0 Å². The number of hydrogen-bond acceptors (Lipinski definition) is 5. The van der Waals surface area contributed by atoms with Gasteiger partial charge in [-0.15, -0.1) is 0 Å². The molecule has 0 radical (unpaired) electrons. The zero-order valence-electron chi connectivity index (χ0n) is 12.1. The highest BCUT2D eigenvalue weighted by Crippen LogP contribution is 2.19. The highest BCUT2D eigenvalue weighted by molar-refractivity contribution is 6.58. The summed E-state index contributed by atoms with van der Waals surface area (Å²) in [7, 11) is 0.158. The van der Waals surface area contributed by atoms with Crippen molar-refractivity contribution in [3.63, 3.8) is 0 Å². The summed E-state index contributed by atoms with van der Waals surface area (Å²) in [4.78, 5) is 0. The first-order valence-corrected chi connectivity index (χ1v) is 5.94. The van der Waals surface area contributed by atoms with Crippen LogP contribution in [-0.2, 0) is 0 Å². The van der Waals surface area contributed by atoms with Crippen molar-refractivity contribution in [2.24, 2.45) is 0 Å². The Kier molecular flexibility index (Phi) is 6.52. The fraction of sp³-hybridized carbons (Fsp3) is 0.538. The number of methoxy groups -OCH3 is 1. The fourth-order valence-corrected chi connectivity index (χ4v) is 0.776. The Hall–Kier alpha value is -1.08. The lowest BCUT2D eigenvalue weighted by Crippen LogP contribution is -2.44. The molecule has 0 atom stereocenters. The molecular weight excluding hydrogens is 247 g/mol. The van der Waals surface area contributed by atoms with Crippen LogP contribution in [-0.4, -0.2) is 45.7 Å². The van der Waals surface area contributed by atoms with E-state index in [9.17, 15) is 0 Å². The zero-order valence-corrected chi connectivity index (χ0v) is 12.1. The molecule has 0 saturated carbocycles. The van der Waals surface area contributed by atoms with Gasteiger partial charge in [0.1, 0.15) is 5.75 Å². The average molecular weight is 270 g/mol. The summed E-state index contributed by atoms with van der Waals surface area (Å²) in [6, 6.07) is 6.55. The highest BCUT2D eigenvalue weighted by atomic mass is 16.5. The molecule has 0 fully saturated rings. The lowest BCUT2D eigenvalue weighted by Gasteiger charge is -2.31. The van der Waals surface area contributed by atoms with Gasteiger partial charge in [-0.1, -0.05) is 12.1 Å². The van der Waals surface area contributed by atoms with Gasteiger partial charge in [0.2, 0.25) is 0 Å². The second-order valence-electron chi connectivity index (χ2n) is 5.26. The van der Waals surface area contributed by atoms with Gasteiger partial charge in [0.05, 0.1) is 18.3 Å². The second-order valence-corrected chi connectivity index (χ2v) is 5.26. The molecule has 108 valence electrons. The van der Waals surface area contributed by atoms with Crippen LogP contribution in [0.4, 0.5) is 0 Å². The van der Waals surface area contributed by atoms with E-state index in [0.29, 0.717) is 11.2 Å². The van der Waals surface area contributed by atoms with E-state index < -0.39 is 18.3 Å². The van der Waals surface area contributed by atoms with E-state index in [2.05, 4.69) is 0 Å². The third kappa shape index (κ3) is 6.59. The van der Waals surface area contributed by atoms with E-state index in [1.807, 2.05) is 0 Å². The maximum absolute atomic E-state index is 9.10. The summed E-state index contributed by atoms with van der Waals surface area (Å²) in [6.45, 7) is 6.31. The molecule has 1 rings (SSSR count). The minimum atomic E-state index is -1.40. The maximum Gasteiger partial charge on any atom is 0.488 e. The third-order valence-corrected chi connectivity index (χ3v) is 2.91. The number of hydrogen-bond donors (Lipinski definition) is 4. The number of aliphatic hydroxyl groups is 2. The van der Waals surface area contributed by atoms with Gasteiger partial charge in [-0.25, -0.2) is 0 Å². The third-order valence-electron chi connectivity index (χ3n) is 2.91. The van der Waals surface area contributed by atoms with Gasteiger partial charge in [-0.3, -0.25) is 0 Å². The van der Waals surface area contributed by atoms with Crippen molar-refractivity contribution in [3.8, 4) is 5.75 Å². The molecule has 0 aromatic heterocycles. The van der Waals surface area contributed by atoms with Crippen LogP contribution in [0.25, 0.3) is 0 Å². The van der Waals surface area contributed by atoms with Crippen molar-refractivity contribution in [2.75, 3.05) is 7.11 Å². The van der Waals surface area contributed by atoms with Gasteiger partial charge in [-0.2, -0.15) is 0 Å². The van der Waals surface area contributed by atoms with Crippen molar-refractivity contribution in [1.82, 2.24) is 0 Å². The van der Waals surface area contributed by atoms with E-state index in [1.54, 1.807) is 59.1 Å². The van der Waals surface area contributed by atoms with Crippen LogP contribution in [0.5, 0.6) is 5.75 Å². The SMILES string of the molecule is CC(C)(O)C(C)(C)O.COc1ccc(B(O)O)cc1. The predicted octanol–water partition coefficient (Wildman–Crippen LogP) is -0.0968. The summed E-state index contributed by atoms with van der Waals surface area (Å²) in [5, 5.41) is 35.6. The molecule has 0 aliphatic heterocycles. The Morgan fingerprint density at radius 2 is 1.26 bits per heavy atom. The molecule has 19 heavy (non-hydrogen) atoms. The topological polar surface area (TPSA) is 90.2 Å². The molecule has 0 amide bonds. The van der Waals surface area contributed by atoms with Gasteiger partial charge in [-0.05, 0) is 45.3 Å². The highest BCUT2D eigenvalue weighted by Gasteiger charge is 2.31. The monoisotopic (exact) mass is 270 g/mol. The Labute approximate surface area is 114 Å².